The smallest absolute Gasteiger partial charge is 0.0561 e. The molecule has 8 aromatic carbocycles. The summed E-state index contributed by atoms with van der Waals surface area (Å²) in [6.45, 7) is 0. The van der Waals surface area contributed by atoms with Crippen molar-refractivity contribution >= 4 is 44.0 Å². The Kier molecular flexibility index (Phi) is 6.41. The van der Waals surface area contributed by atoms with Crippen molar-refractivity contribution in [3.8, 4) is 16.8 Å². The SMILES string of the molecule is C1=CC2C(C(N(c3ccc4ccccc4c3)c3ccc4c5ccccc5n(-c5ccccc5)c4c3)=C1)c1ccccc1C21c2ccccc2-c2ccccc21. The number of rotatable bonds is 4. The molecule has 12 rings (SSSR count). The highest BCUT2D eigenvalue weighted by atomic mass is 15.2. The molecule has 0 saturated heterocycles. The Balaban J connectivity index is 1.12. The van der Waals surface area contributed by atoms with Gasteiger partial charge in [0.15, 0.2) is 0 Å². The lowest BCUT2D eigenvalue weighted by Gasteiger charge is -2.40. The molecule has 0 aliphatic heterocycles. The van der Waals surface area contributed by atoms with Crippen LogP contribution >= 0.6 is 0 Å². The molecule has 0 saturated carbocycles. The fraction of sp³-hybridized carbons (Fsp3) is 0.0566. The number of allylic oxidation sites excluding steroid dienone is 4. The Bertz CT molecular complexity index is 3030. The van der Waals surface area contributed by atoms with Crippen molar-refractivity contribution in [3.63, 3.8) is 0 Å². The summed E-state index contributed by atoms with van der Waals surface area (Å²) in [4.78, 5) is 2.56. The highest BCUT2D eigenvalue weighted by Crippen LogP contribution is 2.66. The van der Waals surface area contributed by atoms with Crippen molar-refractivity contribution < 1.29 is 0 Å². The summed E-state index contributed by atoms with van der Waals surface area (Å²) < 4.78 is 2.43. The second-order valence-electron chi connectivity index (χ2n) is 15.2. The van der Waals surface area contributed by atoms with Crippen LogP contribution in [0, 0.1) is 5.92 Å². The van der Waals surface area contributed by atoms with Crippen molar-refractivity contribution in [2.24, 2.45) is 5.92 Å². The van der Waals surface area contributed by atoms with Gasteiger partial charge in [0.2, 0.25) is 0 Å². The maximum absolute atomic E-state index is 2.56. The first-order valence-electron chi connectivity index (χ1n) is 19.4. The predicted molar refractivity (Wildman–Crippen MR) is 229 cm³/mol. The predicted octanol–water partition coefficient (Wildman–Crippen LogP) is 13.3. The highest BCUT2D eigenvalue weighted by Gasteiger charge is 2.58. The third kappa shape index (κ3) is 4.14. The molecule has 2 atom stereocenters. The van der Waals surface area contributed by atoms with Gasteiger partial charge in [-0.3, -0.25) is 0 Å². The Morgan fingerprint density at radius 2 is 1.09 bits per heavy atom. The van der Waals surface area contributed by atoms with Gasteiger partial charge in [0, 0.05) is 45.4 Å². The zero-order valence-electron chi connectivity index (χ0n) is 30.2. The van der Waals surface area contributed by atoms with Gasteiger partial charge >= 0.3 is 0 Å². The number of benzene rings is 8. The molecule has 258 valence electrons. The lowest BCUT2D eigenvalue weighted by molar-refractivity contribution is 0.451. The largest absolute Gasteiger partial charge is 0.313 e. The van der Waals surface area contributed by atoms with E-state index < -0.39 is 0 Å². The second kappa shape index (κ2) is 11.5. The molecule has 3 aliphatic carbocycles. The molecule has 0 radical (unpaired) electrons. The number of fused-ring (bicyclic) bond motifs is 14. The molecular formula is C53H36N2. The van der Waals surface area contributed by atoms with Crippen LogP contribution in [0.3, 0.4) is 0 Å². The molecule has 1 spiro atoms. The molecule has 1 heterocycles. The number of aromatic nitrogens is 1. The molecule has 2 nitrogen and oxygen atoms in total. The van der Waals surface area contributed by atoms with Gasteiger partial charge in [-0.15, -0.1) is 0 Å². The van der Waals surface area contributed by atoms with Crippen LogP contribution in [0.2, 0.25) is 0 Å². The minimum Gasteiger partial charge on any atom is -0.313 e. The first kappa shape index (κ1) is 30.6. The van der Waals surface area contributed by atoms with E-state index in [-0.39, 0.29) is 17.3 Å². The van der Waals surface area contributed by atoms with E-state index in [4.69, 9.17) is 0 Å². The van der Waals surface area contributed by atoms with E-state index in [1.807, 2.05) is 0 Å². The van der Waals surface area contributed by atoms with E-state index in [0.717, 1.165) is 17.1 Å². The first-order valence-corrected chi connectivity index (χ1v) is 19.4. The summed E-state index contributed by atoms with van der Waals surface area (Å²) >= 11 is 0. The highest BCUT2D eigenvalue weighted by molar-refractivity contribution is 6.10. The third-order valence-electron chi connectivity index (χ3n) is 12.7. The van der Waals surface area contributed by atoms with E-state index in [2.05, 4.69) is 216 Å². The van der Waals surface area contributed by atoms with Crippen LogP contribution in [0.5, 0.6) is 0 Å². The molecular weight excluding hydrogens is 665 g/mol. The number of nitrogens with zero attached hydrogens (tertiary/aromatic N) is 2. The Morgan fingerprint density at radius 1 is 0.473 bits per heavy atom. The topological polar surface area (TPSA) is 8.17 Å². The molecule has 0 bridgehead atoms. The minimum absolute atomic E-state index is 0.113. The van der Waals surface area contributed by atoms with Gasteiger partial charge in [0.1, 0.15) is 0 Å². The van der Waals surface area contributed by atoms with Crippen LogP contribution in [0.1, 0.15) is 28.2 Å². The molecule has 0 amide bonds. The zero-order valence-corrected chi connectivity index (χ0v) is 30.2. The lowest BCUT2D eigenvalue weighted by Crippen LogP contribution is -2.35. The molecule has 1 aromatic heterocycles. The maximum atomic E-state index is 2.56. The van der Waals surface area contributed by atoms with Gasteiger partial charge in [-0.2, -0.15) is 0 Å². The third-order valence-corrected chi connectivity index (χ3v) is 12.7. The maximum Gasteiger partial charge on any atom is 0.0561 e. The molecule has 2 heteroatoms. The summed E-state index contributed by atoms with van der Waals surface area (Å²) in [6.07, 6.45) is 7.22. The van der Waals surface area contributed by atoms with Gasteiger partial charge in [0.25, 0.3) is 0 Å². The van der Waals surface area contributed by atoms with Gasteiger partial charge in [0.05, 0.1) is 16.4 Å². The van der Waals surface area contributed by atoms with Crippen molar-refractivity contribution in [2.75, 3.05) is 4.90 Å². The standard InChI is InChI=1S/C53H36N2/c1-2-17-37(18-3-1)55-49-27-13-9-21-42(49)43-32-31-39(34-51(43)55)54(38-30-29-35-15-4-5-16-36(35)33-38)50-28-14-26-48-52(50)44-22-8-12-25-47(44)53(48)45-23-10-6-19-40(45)41-20-7-11-24-46(41)53/h1-34,48,52H. The fourth-order valence-electron chi connectivity index (χ4n) is 10.6. The van der Waals surface area contributed by atoms with Crippen molar-refractivity contribution in [1.29, 1.82) is 0 Å². The Labute approximate surface area is 320 Å². The summed E-state index contributed by atoms with van der Waals surface area (Å²) in [7, 11) is 0. The normalized spacial score (nSPS) is 17.3. The average molecular weight is 701 g/mol. The van der Waals surface area contributed by atoms with Crippen LogP contribution in [0.25, 0.3) is 49.4 Å². The van der Waals surface area contributed by atoms with Crippen LogP contribution < -0.4 is 4.90 Å². The van der Waals surface area contributed by atoms with Gasteiger partial charge in [-0.05, 0) is 92.7 Å². The summed E-state index contributed by atoms with van der Waals surface area (Å²) in [5.74, 6) is 0.291. The molecule has 3 aliphatic rings. The zero-order chi connectivity index (χ0) is 36.1. The van der Waals surface area contributed by atoms with Crippen molar-refractivity contribution in [3.05, 3.63) is 234 Å². The average Bonchev–Trinajstić information content (AvgIpc) is 3.86. The van der Waals surface area contributed by atoms with E-state index in [1.54, 1.807) is 0 Å². The van der Waals surface area contributed by atoms with Crippen molar-refractivity contribution in [2.45, 2.75) is 11.3 Å². The van der Waals surface area contributed by atoms with E-state index >= 15 is 0 Å². The summed E-state index contributed by atoms with van der Waals surface area (Å²) in [6, 6.07) is 69.9. The van der Waals surface area contributed by atoms with Gasteiger partial charge in [-0.1, -0.05) is 158 Å². The number of hydrogen-bond donors (Lipinski definition) is 0. The molecule has 9 aromatic rings. The number of para-hydroxylation sites is 2. The molecule has 2 unspecified atom stereocenters. The quantitative estimate of drug-likeness (QED) is 0.177. The monoisotopic (exact) mass is 700 g/mol. The van der Waals surface area contributed by atoms with Gasteiger partial charge in [-0.25, -0.2) is 0 Å². The second-order valence-corrected chi connectivity index (χ2v) is 15.2. The van der Waals surface area contributed by atoms with Crippen LogP contribution in [-0.4, -0.2) is 4.57 Å². The number of hydrogen-bond acceptors (Lipinski definition) is 1. The summed E-state index contributed by atoms with van der Waals surface area (Å²) in [5.41, 5.74) is 15.2. The van der Waals surface area contributed by atoms with Crippen molar-refractivity contribution in [1.82, 2.24) is 4.57 Å². The van der Waals surface area contributed by atoms with E-state index in [1.165, 1.54) is 71.7 Å². The Morgan fingerprint density at radius 3 is 1.91 bits per heavy atom. The number of anilines is 2. The first-order chi connectivity index (χ1) is 27.3. The minimum atomic E-state index is -0.302. The van der Waals surface area contributed by atoms with E-state index in [0.29, 0.717) is 0 Å². The van der Waals surface area contributed by atoms with Crippen LogP contribution in [0.15, 0.2) is 212 Å². The molecule has 55 heavy (non-hydrogen) atoms. The van der Waals surface area contributed by atoms with Crippen LogP contribution in [-0.2, 0) is 5.41 Å². The molecule has 0 fully saturated rings. The molecule has 0 N–H and O–H groups in total. The Hall–Kier alpha value is -6.90. The summed E-state index contributed by atoms with van der Waals surface area (Å²) in [5, 5.41) is 4.98. The fourth-order valence-corrected chi connectivity index (χ4v) is 10.6. The van der Waals surface area contributed by atoms with Gasteiger partial charge < -0.3 is 9.47 Å². The van der Waals surface area contributed by atoms with Crippen LogP contribution in [0.4, 0.5) is 11.4 Å². The lowest BCUT2D eigenvalue weighted by atomic mass is 9.65. The van der Waals surface area contributed by atoms with E-state index in [9.17, 15) is 0 Å².